The lowest BCUT2D eigenvalue weighted by molar-refractivity contribution is -0.139. The number of carbonyl (C=O) groups excluding carboxylic acids is 1. The summed E-state index contributed by atoms with van der Waals surface area (Å²) >= 11 is 0. The fourth-order valence-corrected chi connectivity index (χ4v) is 3.77. The molecule has 0 spiro atoms. The van der Waals surface area contributed by atoms with Crippen LogP contribution in [0, 0.1) is 0 Å². The maximum atomic E-state index is 12.4. The van der Waals surface area contributed by atoms with Gasteiger partial charge in [0.1, 0.15) is 5.75 Å². The first-order valence-electron chi connectivity index (χ1n) is 5.51. The minimum Gasteiger partial charge on any atom is -0.481 e. The first-order chi connectivity index (χ1) is 9.42. The molecule has 1 heterocycles. The molecule has 106 valence electrons. The van der Waals surface area contributed by atoms with Crippen LogP contribution in [0.4, 0.5) is 0 Å². The summed E-state index contributed by atoms with van der Waals surface area (Å²) in [5.74, 6) is -1.30. The molecule has 7 heteroatoms. The molecule has 0 aliphatic carbocycles. The second kappa shape index (κ2) is 5.91. The lowest BCUT2D eigenvalue weighted by Crippen LogP contribution is -2.12. The molecule has 0 saturated carbocycles. The molecule has 4 nitrogen and oxygen atoms in total. The zero-order valence-corrected chi connectivity index (χ0v) is 12.4. The Morgan fingerprint density at radius 2 is 1.95 bits per heavy atom. The standard InChI is InChI=1S/C13H10Cl2O4S/c14-20(15)7-3-6-11(20)13(18)9-4-1-2-5-10(9)19-8-12(16)17/h1-7H,8H2,(H,16,17). The van der Waals surface area contributed by atoms with Gasteiger partial charge in [-0.05, 0) is 53.4 Å². The highest BCUT2D eigenvalue weighted by Crippen LogP contribution is 2.69. The quantitative estimate of drug-likeness (QED) is 0.831. The Labute approximate surface area is 126 Å². The van der Waals surface area contributed by atoms with E-state index in [9.17, 15) is 9.59 Å². The summed E-state index contributed by atoms with van der Waals surface area (Å²) in [4.78, 5) is 23.3. The topological polar surface area (TPSA) is 63.6 Å². The average molecular weight is 333 g/mol. The third-order valence-electron chi connectivity index (χ3n) is 2.50. The summed E-state index contributed by atoms with van der Waals surface area (Å²) in [7, 11) is 9.91. The van der Waals surface area contributed by atoms with Gasteiger partial charge in [0.15, 0.2) is 6.61 Å². The number of carbonyl (C=O) groups is 2. The van der Waals surface area contributed by atoms with Crippen LogP contribution >= 0.6 is 29.8 Å². The van der Waals surface area contributed by atoms with Crippen molar-refractivity contribution in [1.82, 2.24) is 0 Å². The van der Waals surface area contributed by atoms with Crippen LogP contribution < -0.4 is 4.74 Å². The molecule has 0 bridgehead atoms. The van der Waals surface area contributed by atoms with Crippen LogP contribution in [0.15, 0.2) is 46.7 Å². The van der Waals surface area contributed by atoms with Crippen molar-refractivity contribution in [3.05, 3.63) is 52.3 Å². The third-order valence-corrected chi connectivity index (χ3v) is 5.52. The van der Waals surface area contributed by atoms with Gasteiger partial charge in [0.2, 0.25) is 5.78 Å². The van der Waals surface area contributed by atoms with E-state index in [1.54, 1.807) is 35.8 Å². The van der Waals surface area contributed by atoms with Gasteiger partial charge in [-0.3, -0.25) is 4.79 Å². The van der Waals surface area contributed by atoms with Gasteiger partial charge in [0, 0.05) is 0 Å². The van der Waals surface area contributed by atoms with Gasteiger partial charge in [-0.15, -0.1) is 0 Å². The van der Waals surface area contributed by atoms with Crippen molar-refractivity contribution in [1.29, 1.82) is 0 Å². The first-order valence-corrected chi connectivity index (χ1v) is 8.86. The lowest BCUT2D eigenvalue weighted by Gasteiger charge is -2.20. The molecule has 2 rings (SSSR count). The summed E-state index contributed by atoms with van der Waals surface area (Å²) in [5, 5.41) is 10.2. The Morgan fingerprint density at radius 3 is 2.55 bits per heavy atom. The SMILES string of the molecule is O=C(O)COc1ccccc1C(=O)C1=CC=CS1(Cl)Cl. The smallest absolute Gasteiger partial charge is 0.341 e. The van der Waals surface area contributed by atoms with Gasteiger partial charge in [0.25, 0.3) is 0 Å². The van der Waals surface area contributed by atoms with Gasteiger partial charge in [0.05, 0.1) is 10.5 Å². The van der Waals surface area contributed by atoms with Gasteiger partial charge >= 0.3 is 5.97 Å². The van der Waals surface area contributed by atoms with Crippen molar-refractivity contribution in [3.8, 4) is 5.75 Å². The Balaban J connectivity index is 2.29. The van der Waals surface area contributed by atoms with Crippen molar-refractivity contribution < 1.29 is 19.4 Å². The number of ketones is 1. The number of carboxylic acid groups (broad SMARTS) is 1. The zero-order chi connectivity index (χ0) is 14.8. The molecule has 0 fully saturated rings. The normalized spacial score (nSPS) is 17.4. The third kappa shape index (κ3) is 3.17. The van der Waals surface area contributed by atoms with Gasteiger partial charge < -0.3 is 9.84 Å². The van der Waals surface area contributed by atoms with E-state index < -0.39 is 21.0 Å². The number of Topliss-reactive ketones (excluding diaryl/α,β-unsaturated/α-hetero) is 1. The number of hydrogen-bond acceptors (Lipinski definition) is 3. The molecule has 1 aliphatic heterocycles. The van der Waals surface area contributed by atoms with Crippen LogP contribution in [0.5, 0.6) is 5.75 Å². The molecule has 1 N–H and O–H groups in total. The first kappa shape index (κ1) is 15.0. The highest BCUT2D eigenvalue weighted by molar-refractivity contribution is 8.70. The van der Waals surface area contributed by atoms with Crippen LogP contribution in [0.25, 0.3) is 0 Å². The lowest BCUT2D eigenvalue weighted by atomic mass is 10.1. The molecular weight excluding hydrogens is 323 g/mol. The van der Waals surface area contributed by atoms with Crippen molar-refractivity contribution >= 4 is 41.6 Å². The van der Waals surface area contributed by atoms with Crippen LogP contribution in [-0.4, -0.2) is 23.5 Å². The predicted octanol–water partition coefficient (Wildman–Crippen LogP) is 3.86. The summed E-state index contributed by atoms with van der Waals surface area (Å²) in [5.41, 5.74) is 0.238. The maximum Gasteiger partial charge on any atom is 0.341 e. The highest BCUT2D eigenvalue weighted by Gasteiger charge is 2.31. The Kier molecular flexibility index (Phi) is 4.42. The number of ether oxygens (including phenoxy) is 1. The summed E-state index contributed by atoms with van der Waals surface area (Å²) in [6.45, 7) is -0.526. The Morgan fingerprint density at radius 1 is 1.25 bits per heavy atom. The van der Waals surface area contributed by atoms with E-state index in [1.807, 2.05) is 0 Å². The summed E-state index contributed by atoms with van der Waals surface area (Å²) in [6, 6.07) is 6.38. The molecule has 20 heavy (non-hydrogen) atoms. The molecule has 0 saturated heterocycles. The summed E-state index contributed by atoms with van der Waals surface area (Å²) in [6.07, 6.45) is 3.19. The van der Waals surface area contributed by atoms with Crippen molar-refractivity contribution in [2.75, 3.05) is 6.61 Å². The highest BCUT2D eigenvalue weighted by atomic mass is 36.0. The van der Waals surface area contributed by atoms with Gasteiger partial charge in [-0.2, -0.15) is 0 Å². The molecule has 0 atom stereocenters. The number of para-hydroxylation sites is 1. The largest absolute Gasteiger partial charge is 0.481 e. The van der Waals surface area contributed by atoms with Crippen molar-refractivity contribution in [3.63, 3.8) is 0 Å². The summed E-state index contributed by atoms with van der Waals surface area (Å²) < 4.78 is 5.10. The average Bonchev–Trinajstić information content (AvgIpc) is 2.75. The zero-order valence-electron chi connectivity index (χ0n) is 10.1. The number of benzene rings is 1. The molecule has 1 aromatic carbocycles. The number of aliphatic carboxylic acids is 1. The van der Waals surface area contributed by atoms with Crippen LogP contribution in [0.2, 0.25) is 0 Å². The number of hydrogen-bond donors (Lipinski definition) is 1. The number of allylic oxidation sites excluding steroid dienone is 3. The van der Waals surface area contributed by atoms with E-state index in [1.165, 1.54) is 6.07 Å². The predicted molar refractivity (Wildman–Crippen MR) is 80.4 cm³/mol. The van der Waals surface area contributed by atoms with Crippen molar-refractivity contribution in [2.24, 2.45) is 0 Å². The second-order valence-electron chi connectivity index (χ2n) is 3.88. The van der Waals surface area contributed by atoms with Gasteiger partial charge in [-0.25, -0.2) is 4.79 Å². The molecule has 0 unspecified atom stereocenters. The van der Waals surface area contributed by atoms with E-state index in [0.29, 0.717) is 0 Å². The van der Waals surface area contributed by atoms with E-state index in [4.69, 9.17) is 31.2 Å². The monoisotopic (exact) mass is 332 g/mol. The second-order valence-corrected chi connectivity index (χ2v) is 9.00. The fraction of sp³-hybridized carbons (Fsp3) is 0.0769. The minimum atomic E-state index is -2.28. The van der Waals surface area contributed by atoms with E-state index in [-0.39, 0.29) is 22.0 Å². The van der Waals surface area contributed by atoms with Crippen LogP contribution in [0.3, 0.4) is 0 Å². The maximum absolute atomic E-state index is 12.4. The minimum absolute atomic E-state index is 0.191. The fourth-order valence-electron chi connectivity index (χ4n) is 1.64. The molecule has 0 radical (unpaired) electrons. The van der Waals surface area contributed by atoms with E-state index in [0.717, 1.165) is 0 Å². The molecule has 1 aromatic rings. The Hall–Kier alpha value is -1.43. The molecule has 0 amide bonds. The number of halogens is 2. The van der Waals surface area contributed by atoms with Crippen molar-refractivity contribution in [2.45, 2.75) is 0 Å². The van der Waals surface area contributed by atoms with E-state index >= 15 is 0 Å². The van der Waals surface area contributed by atoms with Crippen LogP contribution in [-0.2, 0) is 4.79 Å². The van der Waals surface area contributed by atoms with Crippen LogP contribution in [0.1, 0.15) is 10.4 Å². The number of rotatable bonds is 5. The van der Waals surface area contributed by atoms with Gasteiger partial charge in [-0.1, -0.05) is 18.2 Å². The van der Waals surface area contributed by atoms with E-state index in [2.05, 4.69) is 0 Å². The molecular formula is C13H10Cl2O4S. The molecule has 0 aromatic heterocycles. The Bertz CT molecular complexity index is 623. The number of carboxylic acids is 1. The molecule has 1 aliphatic rings.